The van der Waals surface area contributed by atoms with Gasteiger partial charge in [-0.1, -0.05) is 6.92 Å². The topological polar surface area (TPSA) is 53.1 Å². The van der Waals surface area contributed by atoms with Gasteiger partial charge in [-0.25, -0.2) is 4.98 Å². The second-order valence-electron chi connectivity index (χ2n) is 4.69. The zero-order valence-electron chi connectivity index (χ0n) is 11.9. The molecule has 5 nitrogen and oxygen atoms in total. The first-order valence-electron chi connectivity index (χ1n) is 6.64. The summed E-state index contributed by atoms with van der Waals surface area (Å²) < 4.78 is 0. The van der Waals surface area contributed by atoms with Crippen LogP contribution in [-0.4, -0.2) is 47.6 Å². The van der Waals surface area contributed by atoms with Crippen LogP contribution in [0.5, 0.6) is 0 Å². The summed E-state index contributed by atoms with van der Waals surface area (Å²) in [6.07, 6.45) is 2.85. The highest BCUT2D eigenvalue weighted by Gasteiger charge is 2.02. The molecule has 2 N–H and O–H groups in total. The average molecular weight is 251 g/mol. The van der Waals surface area contributed by atoms with Gasteiger partial charge in [-0.05, 0) is 33.4 Å². The lowest BCUT2D eigenvalue weighted by Crippen LogP contribution is -2.31. The lowest BCUT2D eigenvalue weighted by atomic mass is 10.3. The van der Waals surface area contributed by atoms with Crippen LogP contribution in [0.15, 0.2) is 12.3 Å². The third-order valence-electron chi connectivity index (χ3n) is 2.84. The minimum absolute atomic E-state index is 0.569. The molecule has 0 aliphatic heterocycles. The van der Waals surface area contributed by atoms with Crippen LogP contribution in [0.4, 0.5) is 11.8 Å². The molecule has 0 spiro atoms. The van der Waals surface area contributed by atoms with E-state index >= 15 is 0 Å². The molecule has 1 rings (SSSR count). The van der Waals surface area contributed by atoms with E-state index in [0.29, 0.717) is 12.0 Å². The number of anilines is 2. The molecule has 0 aliphatic rings. The van der Waals surface area contributed by atoms with E-state index in [-0.39, 0.29) is 0 Å². The van der Waals surface area contributed by atoms with Crippen molar-refractivity contribution in [2.45, 2.75) is 33.2 Å². The summed E-state index contributed by atoms with van der Waals surface area (Å²) in [4.78, 5) is 10.9. The highest BCUT2D eigenvalue weighted by atomic mass is 15.2. The van der Waals surface area contributed by atoms with E-state index in [1.54, 1.807) is 6.20 Å². The molecule has 18 heavy (non-hydrogen) atoms. The van der Waals surface area contributed by atoms with Crippen LogP contribution < -0.4 is 10.6 Å². The Balaban J connectivity index is 2.37. The zero-order chi connectivity index (χ0) is 13.4. The van der Waals surface area contributed by atoms with Crippen LogP contribution in [0.2, 0.25) is 0 Å². The molecular weight excluding hydrogens is 226 g/mol. The smallest absolute Gasteiger partial charge is 0.224 e. The molecule has 0 unspecified atom stereocenters. The number of aromatic nitrogens is 2. The quantitative estimate of drug-likeness (QED) is 0.740. The van der Waals surface area contributed by atoms with Gasteiger partial charge in [0.1, 0.15) is 5.82 Å². The Labute approximate surface area is 110 Å². The standard InChI is InChI=1S/C13H25N5/c1-5-7-15-13-16-8-6-12(17-13)14-9-10-18(4)11(2)3/h6,8,11H,5,7,9-10H2,1-4H3,(H2,14,15,16,17). The fourth-order valence-electron chi connectivity index (χ4n) is 1.40. The SMILES string of the molecule is CCCNc1nccc(NCCN(C)C(C)C)n1. The highest BCUT2D eigenvalue weighted by Crippen LogP contribution is 2.05. The maximum Gasteiger partial charge on any atom is 0.224 e. The van der Waals surface area contributed by atoms with Gasteiger partial charge < -0.3 is 15.5 Å². The summed E-state index contributed by atoms with van der Waals surface area (Å²) in [5, 5.41) is 6.49. The predicted octanol–water partition coefficient (Wildman–Crippen LogP) is 2.05. The highest BCUT2D eigenvalue weighted by molar-refractivity contribution is 5.39. The minimum Gasteiger partial charge on any atom is -0.369 e. The van der Waals surface area contributed by atoms with Crippen molar-refractivity contribution in [2.75, 3.05) is 37.3 Å². The molecule has 1 aromatic heterocycles. The van der Waals surface area contributed by atoms with E-state index in [4.69, 9.17) is 0 Å². The van der Waals surface area contributed by atoms with Crippen molar-refractivity contribution in [3.63, 3.8) is 0 Å². The fraction of sp³-hybridized carbons (Fsp3) is 0.692. The van der Waals surface area contributed by atoms with Gasteiger partial charge in [0.15, 0.2) is 0 Å². The first kappa shape index (κ1) is 14.7. The number of rotatable bonds is 8. The molecule has 0 aromatic carbocycles. The van der Waals surface area contributed by atoms with Gasteiger partial charge in [-0.3, -0.25) is 0 Å². The fourth-order valence-corrected chi connectivity index (χ4v) is 1.40. The first-order chi connectivity index (χ1) is 8.63. The third-order valence-corrected chi connectivity index (χ3v) is 2.84. The zero-order valence-corrected chi connectivity index (χ0v) is 11.9. The Morgan fingerprint density at radius 3 is 2.72 bits per heavy atom. The Morgan fingerprint density at radius 1 is 1.28 bits per heavy atom. The van der Waals surface area contributed by atoms with E-state index in [2.05, 4.69) is 53.3 Å². The Morgan fingerprint density at radius 2 is 2.06 bits per heavy atom. The Kier molecular flexibility index (Phi) is 6.43. The monoisotopic (exact) mass is 251 g/mol. The lowest BCUT2D eigenvalue weighted by Gasteiger charge is -2.21. The molecule has 102 valence electrons. The molecule has 0 fully saturated rings. The third kappa shape index (κ3) is 5.31. The normalized spacial score (nSPS) is 11.0. The maximum absolute atomic E-state index is 4.40. The van der Waals surface area contributed by atoms with Crippen molar-refractivity contribution in [1.29, 1.82) is 0 Å². The minimum atomic E-state index is 0.569. The van der Waals surface area contributed by atoms with Crippen molar-refractivity contribution in [3.8, 4) is 0 Å². The largest absolute Gasteiger partial charge is 0.369 e. The molecule has 5 heteroatoms. The van der Waals surface area contributed by atoms with Gasteiger partial charge >= 0.3 is 0 Å². The number of hydrogen-bond acceptors (Lipinski definition) is 5. The summed E-state index contributed by atoms with van der Waals surface area (Å²) in [5.74, 6) is 1.57. The summed E-state index contributed by atoms with van der Waals surface area (Å²) in [6.45, 7) is 9.30. The van der Waals surface area contributed by atoms with Crippen LogP contribution in [0.25, 0.3) is 0 Å². The van der Waals surface area contributed by atoms with E-state index in [0.717, 1.165) is 31.9 Å². The summed E-state index contributed by atoms with van der Waals surface area (Å²) in [6, 6.07) is 2.46. The molecule has 1 heterocycles. The molecular formula is C13H25N5. The number of likely N-dealkylation sites (N-methyl/N-ethyl adjacent to an activating group) is 1. The molecule has 1 aromatic rings. The van der Waals surface area contributed by atoms with Crippen molar-refractivity contribution >= 4 is 11.8 Å². The summed E-state index contributed by atoms with van der Waals surface area (Å²) in [7, 11) is 2.13. The first-order valence-corrected chi connectivity index (χ1v) is 6.64. The van der Waals surface area contributed by atoms with Gasteiger partial charge in [-0.15, -0.1) is 0 Å². The summed E-state index contributed by atoms with van der Waals surface area (Å²) >= 11 is 0. The van der Waals surface area contributed by atoms with Gasteiger partial charge in [0, 0.05) is 31.9 Å². The van der Waals surface area contributed by atoms with Crippen molar-refractivity contribution in [1.82, 2.24) is 14.9 Å². The average Bonchev–Trinajstić information content (AvgIpc) is 2.36. The van der Waals surface area contributed by atoms with Gasteiger partial charge in [-0.2, -0.15) is 4.98 Å². The van der Waals surface area contributed by atoms with Crippen molar-refractivity contribution in [2.24, 2.45) is 0 Å². The maximum atomic E-state index is 4.40. The van der Waals surface area contributed by atoms with E-state index in [1.807, 2.05) is 6.07 Å². The molecule has 0 saturated carbocycles. The molecule has 0 radical (unpaired) electrons. The van der Waals surface area contributed by atoms with Gasteiger partial charge in [0.2, 0.25) is 5.95 Å². The van der Waals surface area contributed by atoms with E-state index in [9.17, 15) is 0 Å². The number of nitrogens with one attached hydrogen (secondary N) is 2. The van der Waals surface area contributed by atoms with Crippen LogP contribution >= 0.6 is 0 Å². The molecule has 0 saturated heterocycles. The molecule has 0 atom stereocenters. The van der Waals surface area contributed by atoms with Crippen LogP contribution in [-0.2, 0) is 0 Å². The lowest BCUT2D eigenvalue weighted by molar-refractivity contribution is 0.284. The Hall–Kier alpha value is -1.36. The van der Waals surface area contributed by atoms with Gasteiger partial charge in [0.05, 0.1) is 0 Å². The van der Waals surface area contributed by atoms with Crippen LogP contribution in [0.1, 0.15) is 27.2 Å². The second-order valence-corrected chi connectivity index (χ2v) is 4.69. The van der Waals surface area contributed by atoms with E-state index < -0.39 is 0 Å². The number of nitrogens with zero attached hydrogens (tertiary/aromatic N) is 3. The van der Waals surface area contributed by atoms with Crippen molar-refractivity contribution in [3.05, 3.63) is 12.3 Å². The van der Waals surface area contributed by atoms with Crippen LogP contribution in [0.3, 0.4) is 0 Å². The molecule has 0 bridgehead atoms. The molecule has 0 aliphatic carbocycles. The number of hydrogen-bond donors (Lipinski definition) is 2. The van der Waals surface area contributed by atoms with Crippen molar-refractivity contribution < 1.29 is 0 Å². The Bertz CT molecular complexity index is 340. The van der Waals surface area contributed by atoms with E-state index in [1.165, 1.54) is 0 Å². The van der Waals surface area contributed by atoms with Gasteiger partial charge in [0.25, 0.3) is 0 Å². The predicted molar refractivity (Wildman–Crippen MR) is 77.1 cm³/mol. The molecule has 0 amide bonds. The van der Waals surface area contributed by atoms with Crippen LogP contribution in [0, 0.1) is 0 Å². The second kappa shape index (κ2) is 7.87. The summed E-state index contributed by atoms with van der Waals surface area (Å²) in [5.41, 5.74) is 0.